The molecule has 3 atom stereocenters. The van der Waals surface area contributed by atoms with Crippen molar-refractivity contribution in [3.05, 3.63) is 65.1 Å². The first-order valence-corrected chi connectivity index (χ1v) is 10.4. The monoisotopic (exact) mass is 426 g/mol. The number of alkyl halides is 3. The molecule has 4 aliphatic rings. The number of hydrogen-bond donors (Lipinski definition) is 0. The Hall–Kier alpha value is -3.03. The molecule has 1 aromatic rings. The molecule has 2 fully saturated rings. The van der Waals surface area contributed by atoms with E-state index in [0.717, 1.165) is 11.6 Å². The van der Waals surface area contributed by atoms with Gasteiger partial charge in [0, 0.05) is 19.3 Å². The fourth-order valence-electron chi connectivity index (χ4n) is 5.04. The van der Waals surface area contributed by atoms with Crippen LogP contribution < -0.4 is 0 Å². The Labute approximate surface area is 177 Å². The summed E-state index contributed by atoms with van der Waals surface area (Å²) < 4.78 is 40.2. The molecule has 0 radical (unpaired) electrons. The van der Waals surface area contributed by atoms with Crippen molar-refractivity contribution in [3.63, 3.8) is 0 Å². The molecular formula is C23H21F3N4O. The van der Waals surface area contributed by atoms with Gasteiger partial charge in [-0.15, -0.1) is 0 Å². The highest BCUT2D eigenvalue weighted by atomic mass is 19.4. The quantitative estimate of drug-likeness (QED) is 0.602. The van der Waals surface area contributed by atoms with E-state index < -0.39 is 11.7 Å². The number of rotatable bonds is 2. The number of hydrogen-bond acceptors (Lipinski definition) is 4. The van der Waals surface area contributed by atoms with Crippen LogP contribution in [-0.2, 0) is 6.18 Å². The Balaban J connectivity index is 1.31. The van der Waals surface area contributed by atoms with E-state index >= 15 is 0 Å². The van der Waals surface area contributed by atoms with Crippen LogP contribution >= 0.6 is 0 Å². The third-order valence-corrected chi connectivity index (χ3v) is 6.50. The average molecular weight is 426 g/mol. The Morgan fingerprint density at radius 1 is 1.03 bits per heavy atom. The van der Waals surface area contributed by atoms with E-state index in [1.807, 2.05) is 13.0 Å². The number of aromatic nitrogens is 3. The second kappa shape index (κ2) is 7.28. The van der Waals surface area contributed by atoms with E-state index in [-0.39, 0.29) is 29.5 Å². The van der Waals surface area contributed by atoms with Crippen LogP contribution in [0.4, 0.5) is 13.2 Å². The minimum Gasteiger partial charge on any atom is -0.335 e. The number of carbonyl (C=O) groups is 1. The van der Waals surface area contributed by atoms with Crippen molar-refractivity contribution in [2.24, 2.45) is 11.8 Å². The number of imidazole rings is 1. The van der Waals surface area contributed by atoms with Gasteiger partial charge in [0.25, 0.3) is 5.91 Å². The molecule has 0 N–H and O–H groups in total. The van der Waals surface area contributed by atoms with Crippen molar-refractivity contribution in [2.75, 3.05) is 13.1 Å². The molecule has 5 rings (SSSR count). The largest absolute Gasteiger partial charge is 0.416 e. The number of nitrogens with zero attached hydrogens (tertiary/aromatic N) is 4. The molecule has 31 heavy (non-hydrogen) atoms. The highest BCUT2D eigenvalue weighted by molar-refractivity contribution is 5.92. The van der Waals surface area contributed by atoms with Crippen LogP contribution in [0.15, 0.2) is 42.6 Å². The lowest BCUT2D eigenvalue weighted by Crippen LogP contribution is -2.30. The molecule has 1 saturated heterocycles. The molecule has 160 valence electrons. The maximum absolute atomic E-state index is 13.4. The number of likely N-dealkylation sites (tertiary alicyclic amines) is 1. The highest BCUT2D eigenvalue weighted by Crippen LogP contribution is 2.49. The predicted octanol–water partition coefficient (Wildman–Crippen LogP) is 4.57. The summed E-state index contributed by atoms with van der Waals surface area (Å²) >= 11 is 0. The standard InChI is InChI=1S/C23H21F3N4O/c1-13-6-7-19-20(27-10-13)29-21(28-19)22(31)30-11-15-8-14(9-16(15)12-30)17-4-2-3-5-18(17)23(24,25)26/h2-7,10,14-16H,8-9,11-12H2,1H3/t14-,15-,16+. The van der Waals surface area contributed by atoms with Crippen LogP contribution in [0.3, 0.4) is 0 Å². The topological polar surface area (TPSA) is 59.0 Å². The minimum atomic E-state index is -4.35. The molecule has 1 aromatic carbocycles. The Bertz CT molecular complexity index is 1070. The van der Waals surface area contributed by atoms with E-state index in [9.17, 15) is 18.0 Å². The number of amides is 1. The Morgan fingerprint density at radius 3 is 2.45 bits per heavy atom. The van der Waals surface area contributed by atoms with Gasteiger partial charge in [-0.1, -0.05) is 24.3 Å². The predicted molar refractivity (Wildman–Crippen MR) is 107 cm³/mol. The molecule has 0 spiro atoms. The Kier molecular flexibility index (Phi) is 4.68. The van der Waals surface area contributed by atoms with Crippen molar-refractivity contribution in [2.45, 2.75) is 31.9 Å². The maximum atomic E-state index is 13.4. The van der Waals surface area contributed by atoms with Crippen molar-refractivity contribution in [1.82, 2.24) is 19.9 Å². The van der Waals surface area contributed by atoms with Crippen LogP contribution in [0.5, 0.6) is 0 Å². The molecular weight excluding hydrogens is 405 g/mol. The van der Waals surface area contributed by atoms with Gasteiger partial charge in [-0.25, -0.2) is 15.0 Å². The maximum Gasteiger partial charge on any atom is 0.416 e. The summed E-state index contributed by atoms with van der Waals surface area (Å²) in [7, 11) is 0. The molecule has 1 amide bonds. The van der Waals surface area contributed by atoms with Crippen LogP contribution in [0.1, 0.15) is 46.1 Å². The first-order valence-electron chi connectivity index (χ1n) is 10.4. The van der Waals surface area contributed by atoms with E-state index in [0.29, 0.717) is 43.0 Å². The first kappa shape index (κ1) is 19.9. The second-order valence-corrected chi connectivity index (χ2v) is 8.58. The Morgan fingerprint density at radius 2 is 1.74 bits per heavy atom. The summed E-state index contributed by atoms with van der Waals surface area (Å²) in [4.78, 5) is 27.6. The van der Waals surface area contributed by atoms with E-state index in [1.54, 1.807) is 29.3 Å². The fourth-order valence-corrected chi connectivity index (χ4v) is 5.04. The lowest BCUT2D eigenvalue weighted by Gasteiger charge is -2.21. The van der Waals surface area contributed by atoms with Gasteiger partial charge in [0.1, 0.15) is 5.69 Å². The van der Waals surface area contributed by atoms with Crippen molar-refractivity contribution in [3.8, 4) is 11.5 Å². The molecule has 1 saturated carbocycles. The lowest BCUT2D eigenvalue weighted by atomic mass is 9.91. The van der Waals surface area contributed by atoms with E-state index in [4.69, 9.17) is 0 Å². The molecule has 0 bridgehead atoms. The van der Waals surface area contributed by atoms with Crippen LogP contribution in [0, 0.1) is 18.8 Å². The van der Waals surface area contributed by atoms with Gasteiger partial charge < -0.3 is 4.90 Å². The SMILES string of the molecule is Cc1ccc2nc(C(=O)N3C[C@H]4C[C@@H](c5ccccc5C(F)(F)F)C[C@H]4C3)nc-2nc1. The average Bonchev–Trinajstić information content (AvgIpc) is 3.40. The number of aryl methyl sites for hydroxylation is 1. The van der Waals surface area contributed by atoms with Gasteiger partial charge in [-0.2, -0.15) is 13.2 Å². The van der Waals surface area contributed by atoms with Crippen LogP contribution in [0.2, 0.25) is 0 Å². The van der Waals surface area contributed by atoms with Gasteiger partial charge in [0.15, 0.2) is 5.82 Å². The van der Waals surface area contributed by atoms with Gasteiger partial charge in [0.2, 0.25) is 5.82 Å². The van der Waals surface area contributed by atoms with Gasteiger partial charge >= 0.3 is 6.18 Å². The summed E-state index contributed by atoms with van der Waals surface area (Å²) in [5.74, 6) is 0.579. The molecule has 0 aromatic heterocycles. The van der Waals surface area contributed by atoms with Crippen molar-refractivity contribution >= 4 is 5.91 Å². The second-order valence-electron chi connectivity index (χ2n) is 8.58. The zero-order valence-electron chi connectivity index (χ0n) is 16.9. The molecule has 3 heterocycles. The fraction of sp³-hybridized carbons (Fsp3) is 0.391. The first-order chi connectivity index (χ1) is 14.8. The molecule has 5 nitrogen and oxygen atoms in total. The summed E-state index contributed by atoms with van der Waals surface area (Å²) in [6.45, 7) is 2.97. The van der Waals surface area contributed by atoms with Crippen molar-refractivity contribution in [1.29, 1.82) is 0 Å². The minimum absolute atomic E-state index is 0.129. The molecule has 8 heteroatoms. The number of benzene rings is 1. The molecule has 3 aliphatic heterocycles. The molecule has 1 aliphatic carbocycles. The zero-order valence-corrected chi connectivity index (χ0v) is 16.9. The zero-order chi connectivity index (χ0) is 21.8. The number of halogens is 3. The third-order valence-electron chi connectivity index (χ3n) is 6.50. The summed E-state index contributed by atoms with van der Waals surface area (Å²) in [5.41, 5.74) is 1.38. The van der Waals surface area contributed by atoms with Gasteiger partial charge in [0.05, 0.1) is 5.56 Å². The normalized spacial score (nSPS) is 23.4. The number of fused-ring (bicyclic) bond motifs is 2. The van der Waals surface area contributed by atoms with E-state index in [1.165, 1.54) is 6.07 Å². The summed E-state index contributed by atoms with van der Waals surface area (Å²) in [5, 5.41) is 0. The molecule has 0 unspecified atom stereocenters. The van der Waals surface area contributed by atoms with Gasteiger partial charge in [-0.05, 0) is 60.8 Å². The van der Waals surface area contributed by atoms with Crippen LogP contribution in [0.25, 0.3) is 11.5 Å². The van der Waals surface area contributed by atoms with Gasteiger partial charge in [-0.3, -0.25) is 4.79 Å². The summed E-state index contributed by atoms with van der Waals surface area (Å²) in [6.07, 6.45) is -1.36. The smallest absolute Gasteiger partial charge is 0.335 e. The highest BCUT2D eigenvalue weighted by Gasteiger charge is 2.45. The lowest BCUT2D eigenvalue weighted by molar-refractivity contribution is -0.138. The van der Waals surface area contributed by atoms with Crippen molar-refractivity contribution < 1.29 is 18.0 Å². The van der Waals surface area contributed by atoms with Crippen LogP contribution in [-0.4, -0.2) is 38.8 Å². The summed E-state index contributed by atoms with van der Waals surface area (Å²) in [6, 6.07) is 9.52. The van der Waals surface area contributed by atoms with E-state index in [2.05, 4.69) is 15.0 Å². The number of carbonyl (C=O) groups excluding carboxylic acids is 1. The third kappa shape index (κ3) is 3.64.